The summed E-state index contributed by atoms with van der Waals surface area (Å²) in [6, 6.07) is 5.07. The zero-order chi connectivity index (χ0) is 13.8. The second kappa shape index (κ2) is 6.06. The Morgan fingerprint density at radius 1 is 1.44 bits per heavy atom. The number of hydrogen-bond donors (Lipinski definition) is 1. The van der Waals surface area contributed by atoms with Crippen LogP contribution in [0.4, 0.5) is 5.69 Å². The summed E-state index contributed by atoms with van der Waals surface area (Å²) < 4.78 is 26.8. The molecule has 0 radical (unpaired) electrons. The van der Waals surface area contributed by atoms with E-state index < -0.39 is 9.05 Å². The monoisotopic (exact) mass is 291 g/mol. The van der Waals surface area contributed by atoms with Crippen molar-refractivity contribution in [3.05, 3.63) is 23.8 Å². The van der Waals surface area contributed by atoms with E-state index in [1.807, 2.05) is 0 Å². The Labute approximate surface area is 111 Å². The van der Waals surface area contributed by atoms with Gasteiger partial charge >= 0.3 is 0 Å². The maximum atomic E-state index is 11.0. The lowest BCUT2D eigenvalue weighted by molar-refractivity contribution is -0.114. The molecule has 0 saturated heterocycles. The SMILES string of the molecule is COc1ccc(CCS(=O)(=O)Cl)cc1NC(C)=O. The predicted molar refractivity (Wildman–Crippen MR) is 70.6 cm³/mol. The number of ether oxygens (including phenoxy) is 1. The summed E-state index contributed by atoms with van der Waals surface area (Å²) >= 11 is 0. The number of carbonyl (C=O) groups excluding carboxylic acids is 1. The minimum absolute atomic E-state index is 0.152. The highest BCUT2D eigenvalue weighted by molar-refractivity contribution is 8.13. The van der Waals surface area contributed by atoms with Crippen molar-refractivity contribution >= 4 is 31.3 Å². The number of anilines is 1. The van der Waals surface area contributed by atoms with Crippen molar-refractivity contribution in [3.63, 3.8) is 0 Å². The van der Waals surface area contributed by atoms with Gasteiger partial charge in [-0.2, -0.15) is 0 Å². The van der Waals surface area contributed by atoms with Gasteiger partial charge in [0.2, 0.25) is 15.0 Å². The molecule has 5 nitrogen and oxygen atoms in total. The van der Waals surface area contributed by atoms with E-state index in [9.17, 15) is 13.2 Å². The molecule has 100 valence electrons. The Kier molecular flexibility index (Phi) is 4.98. The molecule has 0 atom stereocenters. The summed E-state index contributed by atoms with van der Waals surface area (Å²) in [7, 11) is 3.11. The Bertz CT molecular complexity index is 542. The third-order valence-corrected chi connectivity index (χ3v) is 3.36. The van der Waals surface area contributed by atoms with Gasteiger partial charge in [0.1, 0.15) is 5.75 Å². The molecule has 1 N–H and O–H groups in total. The second-order valence-electron chi connectivity index (χ2n) is 3.71. The number of benzene rings is 1. The standard InChI is InChI=1S/C11H14ClNO4S/c1-8(14)13-10-7-9(3-4-11(10)17-2)5-6-18(12,15)16/h3-4,7H,5-6H2,1-2H3,(H,13,14). The first-order chi connectivity index (χ1) is 8.31. The molecule has 1 aromatic carbocycles. The van der Waals surface area contributed by atoms with Crippen molar-refractivity contribution in [2.75, 3.05) is 18.2 Å². The second-order valence-corrected chi connectivity index (χ2v) is 6.61. The van der Waals surface area contributed by atoms with E-state index in [1.54, 1.807) is 18.2 Å². The summed E-state index contributed by atoms with van der Waals surface area (Å²) in [5.74, 6) is 0.138. The first kappa shape index (κ1) is 14.8. The van der Waals surface area contributed by atoms with Crippen molar-refractivity contribution in [2.24, 2.45) is 0 Å². The maximum absolute atomic E-state index is 11.0. The van der Waals surface area contributed by atoms with Crippen LogP contribution in [0.1, 0.15) is 12.5 Å². The van der Waals surface area contributed by atoms with E-state index in [4.69, 9.17) is 15.4 Å². The van der Waals surface area contributed by atoms with Gasteiger partial charge in [-0.05, 0) is 24.1 Å². The van der Waals surface area contributed by atoms with Crippen LogP contribution in [0.15, 0.2) is 18.2 Å². The zero-order valence-corrected chi connectivity index (χ0v) is 11.6. The van der Waals surface area contributed by atoms with Crippen molar-refractivity contribution < 1.29 is 17.9 Å². The third-order valence-electron chi connectivity index (χ3n) is 2.21. The summed E-state index contributed by atoms with van der Waals surface area (Å²) in [6.45, 7) is 1.38. The maximum Gasteiger partial charge on any atom is 0.232 e. The molecule has 0 saturated carbocycles. The Hall–Kier alpha value is -1.27. The Morgan fingerprint density at radius 2 is 2.11 bits per heavy atom. The summed E-state index contributed by atoms with van der Waals surface area (Å²) in [5, 5.41) is 2.62. The van der Waals surface area contributed by atoms with Gasteiger partial charge in [-0.15, -0.1) is 0 Å². The third kappa shape index (κ3) is 4.93. The lowest BCUT2D eigenvalue weighted by atomic mass is 10.1. The van der Waals surface area contributed by atoms with Crippen LogP contribution in [0.5, 0.6) is 5.75 Å². The molecule has 18 heavy (non-hydrogen) atoms. The molecule has 0 bridgehead atoms. The largest absolute Gasteiger partial charge is 0.495 e. The first-order valence-electron chi connectivity index (χ1n) is 5.18. The Balaban J connectivity index is 2.92. The minimum atomic E-state index is -3.52. The zero-order valence-electron chi connectivity index (χ0n) is 10.1. The lowest BCUT2D eigenvalue weighted by Gasteiger charge is -2.10. The fourth-order valence-corrected chi connectivity index (χ4v) is 2.15. The molecule has 0 aliphatic rings. The number of amides is 1. The molecule has 0 unspecified atom stereocenters. The number of nitrogens with one attached hydrogen (secondary N) is 1. The number of aryl methyl sites for hydroxylation is 1. The van der Waals surface area contributed by atoms with Crippen molar-refractivity contribution in [2.45, 2.75) is 13.3 Å². The fraction of sp³-hybridized carbons (Fsp3) is 0.364. The van der Waals surface area contributed by atoms with Crippen molar-refractivity contribution in [1.82, 2.24) is 0 Å². The van der Waals surface area contributed by atoms with E-state index in [1.165, 1.54) is 14.0 Å². The van der Waals surface area contributed by atoms with Gasteiger partial charge in [-0.25, -0.2) is 8.42 Å². The molecule has 0 aromatic heterocycles. The van der Waals surface area contributed by atoms with Gasteiger partial charge in [0.05, 0.1) is 18.6 Å². The van der Waals surface area contributed by atoms with E-state index in [0.717, 1.165) is 5.56 Å². The average molecular weight is 292 g/mol. The minimum Gasteiger partial charge on any atom is -0.495 e. The van der Waals surface area contributed by atoms with Crippen LogP contribution in [-0.2, 0) is 20.3 Å². The quantitative estimate of drug-likeness (QED) is 0.839. The number of hydrogen-bond acceptors (Lipinski definition) is 4. The molecular weight excluding hydrogens is 278 g/mol. The van der Waals surface area contributed by atoms with Crippen LogP contribution in [0.2, 0.25) is 0 Å². The van der Waals surface area contributed by atoms with E-state index >= 15 is 0 Å². The van der Waals surface area contributed by atoms with E-state index in [2.05, 4.69) is 5.32 Å². The number of methoxy groups -OCH3 is 1. The molecule has 0 aliphatic heterocycles. The molecule has 0 spiro atoms. The number of rotatable bonds is 5. The predicted octanol–water partition coefficient (Wildman–Crippen LogP) is 1.76. The van der Waals surface area contributed by atoms with Crippen molar-refractivity contribution in [3.8, 4) is 5.75 Å². The van der Waals surface area contributed by atoms with Crippen molar-refractivity contribution in [1.29, 1.82) is 0 Å². The highest BCUT2D eigenvalue weighted by atomic mass is 35.7. The first-order valence-corrected chi connectivity index (χ1v) is 7.66. The average Bonchev–Trinajstić information content (AvgIpc) is 2.25. The van der Waals surface area contributed by atoms with Gasteiger partial charge in [-0.1, -0.05) is 6.07 Å². The summed E-state index contributed by atoms with van der Waals surface area (Å²) in [4.78, 5) is 11.0. The van der Waals surface area contributed by atoms with Gasteiger partial charge in [0, 0.05) is 17.6 Å². The normalized spacial score (nSPS) is 11.1. The van der Waals surface area contributed by atoms with Gasteiger partial charge in [0.15, 0.2) is 0 Å². The van der Waals surface area contributed by atoms with Crippen LogP contribution in [-0.4, -0.2) is 27.2 Å². The molecule has 7 heteroatoms. The summed E-state index contributed by atoms with van der Waals surface area (Å²) in [6.07, 6.45) is 0.280. The molecular formula is C11H14ClNO4S. The topological polar surface area (TPSA) is 72.5 Å². The highest BCUT2D eigenvalue weighted by Gasteiger charge is 2.09. The molecule has 0 fully saturated rings. The van der Waals surface area contributed by atoms with Gasteiger partial charge in [-0.3, -0.25) is 4.79 Å². The smallest absolute Gasteiger partial charge is 0.232 e. The summed E-state index contributed by atoms with van der Waals surface area (Å²) in [5.41, 5.74) is 1.26. The molecule has 1 aromatic rings. The fourth-order valence-electron chi connectivity index (χ4n) is 1.44. The van der Waals surface area contributed by atoms with Gasteiger partial charge in [0.25, 0.3) is 0 Å². The molecule has 0 aliphatic carbocycles. The Morgan fingerprint density at radius 3 is 2.61 bits per heavy atom. The van der Waals surface area contributed by atoms with Crippen LogP contribution in [0, 0.1) is 0 Å². The number of carbonyl (C=O) groups is 1. The van der Waals surface area contributed by atoms with E-state index in [-0.39, 0.29) is 18.1 Å². The van der Waals surface area contributed by atoms with Crippen LogP contribution in [0.3, 0.4) is 0 Å². The van der Waals surface area contributed by atoms with Crippen LogP contribution >= 0.6 is 10.7 Å². The molecule has 1 amide bonds. The van der Waals surface area contributed by atoms with Gasteiger partial charge < -0.3 is 10.1 Å². The van der Waals surface area contributed by atoms with Crippen LogP contribution in [0.25, 0.3) is 0 Å². The van der Waals surface area contributed by atoms with E-state index in [0.29, 0.717) is 11.4 Å². The highest BCUT2D eigenvalue weighted by Crippen LogP contribution is 2.25. The number of halogens is 1. The molecule has 0 heterocycles. The lowest BCUT2D eigenvalue weighted by Crippen LogP contribution is -2.08. The van der Waals surface area contributed by atoms with Crippen LogP contribution < -0.4 is 10.1 Å². The molecule has 1 rings (SSSR count).